The number of hydrogen-bond acceptors (Lipinski definition) is 1. The van der Waals surface area contributed by atoms with Crippen molar-refractivity contribution >= 4 is 5.78 Å². The van der Waals surface area contributed by atoms with Crippen LogP contribution in [0.5, 0.6) is 0 Å². The first kappa shape index (κ1) is 5.21. The molecule has 1 saturated carbocycles. The average Bonchev–Trinajstić information content (AvgIpc) is 2.30. The van der Waals surface area contributed by atoms with Gasteiger partial charge in [-0.1, -0.05) is 19.1 Å². The molecular formula is C8H10O. The first-order chi connectivity index (χ1) is 4.30. The van der Waals surface area contributed by atoms with Crippen molar-refractivity contribution in [2.75, 3.05) is 0 Å². The zero-order valence-electron chi connectivity index (χ0n) is 5.50. The predicted molar refractivity (Wildman–Crippen MR) is 34.9 cm³/mol. The molecule has 9 heavy (non-hydrogen) atoms. The maximum absolute atomic E-state index is 11.0. The van der Waals surface area contributed by atoms with Gasteiger partial charge in [-0.3, -0.25) is 4.79 Å². The average molecular weight is 122 g/mol. The molecule has 3 atom stereocenters. The molecule has 0 aromatic carbocycles. The zero-order valence-corrected chi connectivity index (χ0v) is 5.50. The predicted octanol–water partition coefficient (Wildman–Crippen LogP) is 1.40. The summed E-state index contributed by atoms with van der Waals surface area (Å²) in [5.41, 5.74) is 0. The number of Topliss-reactive ketones (excluding diaryl/α,β-unsaturated/α-hetero) is 1. The summed E-state index contributed by atoms with van der Waals surface area (Å²) in [6.07, 6.45) is 5.33. The van der Waals surface area contributed by atoms with Gasteiger partial charge in [0.05, 0.1) is 0 Å². The van der Waals surface area contributed by atoms with Gasteiger partial charge in [0, 0.05) is 11.8 Å². The summed E-state index contributed by atoms with van der Waals surface area (Å²) < 4.78 is 0. The number of fused-ring (bicyclic) bond motifs is 1. The summed E-state index contributed by atoms with van der Waals surface area (Å²) in [7, 11) is 0. The summed E-state index contributed by atoms with van der Waals surface area (Å²) in [4.78, 5) is 11.0. The van der Waals surface area contributed by atoms with E-state index in [4.69, 9.17) is 0 Å². The van der Waals surface area contributed by atoms with Crippen LogP contribution in [0.1, 0.15) is 13.3 Å². The number of hydrogen-bond donors (Lipinski definition) is 0. The van der Waals surface area contributed by atoms with Gasteiger partial charge < -0.3 is 0 Å². The lowest BCUT2D eigenvalue weighted by molar-refractivity contribution is -0.138. The fraction of sp³-hybridized carbons (Fsp3) is 0.625. The highest BCUT2D eigenvalue weighted by Crippen LogP contribution is 2.43. The van der Waals surface area contributed by atoms with Crippen LogP contribution in [0.3, 0.4) is 0 Å². The van der Waals surface area contributed by atoms with E-state index in [-0.39, 0.29) is 0 Å². The Morgan fingerprint density at radius 1 is 1.67 bits per heavy atom. The van der Waals surface area contributed by atoms with Gasteiger partial charge in [-0.2, -0.15) is 0 Å². The lowest BCUT2D eigenvalue weighted by Gasteiger charge is -2.35. The third-order valence-electron chi connectivity index (χ3n) is 2.60. The Labute approximate surface area is 54.8 Å². The Bertz CT molecular complexity index is 181. The van der Waals surface area contributed by atoms with Gasteiger partial charge in [-0.15, -0.1) is 0 Å². The quantitative estimate of drug-likeness (QED) is 0.444. The van der Waals surface area contributed by atoms with Gasteiger partial charge in [0.15, 0.2) is 0 Å². The zero-order chi connectivity index (χ0) is 6.43. The van der Waals surface area contributed by atoms with E-state index in [1.54, 1.807) is 0 Å². The van der Waals surface area contributed by atoms with Gasteiger partial charge in [-0.05, 0) is 12.3 Å². The minimum Gasteiger partial charge on any atom is -0.299 e. The Hall–Kier alpha value is -0.590. The molecule has 0 saturated heterocycles. The normalized spacial score (nSPS) is 46.8. The molecule has 1 nitrogen and oxygen atoms in total. The second-order valence-electron chi connectivity index (χ2n) is 3.04. The minimum absolute atomic E-state index is 0.328. The largest absolute Gasteiger partial charge is 0.299 e. The van der Waals surface area contributed by atoms with Crippen LogP contribution in [0.25, 0.3) is 0 Å². The Balaban J connectivity index is 2.21. The maximum atomic E-state index is 11.0. The Morgan fingerprint density at radius 3 is 3.11 bits per heavy atom. The first-order valence-electron chi connectivity index (χ1n) is 3.51. The highest BCUT2D eigenvalue weighted by Gasteiger charge is 2.46. The Morgan fingerprint density at radius 2 is 2.44 bits per heavy atom. The van der Waals surface area contributed by atoms with Crippen LogP contribution in [0.15, 0.2) is 12.2 Å². The van der Waals surface area contributed by atoms with Gasteiger partial charge in [0.2, 0.25) is 0 Å². The molecule has 0 spiro atoms. The number of carbonyl (C=O) groups is 1. The molecule has 0 heterocycles. The lowest BCUT2D eigenvalue weighted by atomic mass is 9.66. The molecule has 0 N–H and O–H groups in total. The Kier molecular flexibility index (Phi) is 0.850. The smallest absolute Gasteiger partial charge is 0.140 e. The summed E-state index contributed by atoms with van der Waals surface area (Å²) in [5.74, 6) is 1.80. The van der Waals surface area contributed by atoms with Crippen LogP contribution in [0.4, 0.5) is 0 Å². The topological polar surface area (TPSA) is 17.1 Å². The maximum Gasteiger partial charge on any atom is 0.140 e. The summed E-state index contributed by atoms with van der Waals surface area (Å²) >= 11 is 0. The van der Waals surface area contributed by atoms with Crippen molar-refractivity contribution in [3.05, 3.63) is 12.2 Å². The molecule has 0 radical (unpaired) electrons. The molecular weight excluding hydrogens is 112 g/mol. The van der Waals surface area contributed by atoms with E-state index in [1.807, 2.05) is 6.92 Å². The summed E-state index contributed by atoms with van der Waals surface area (Å²) in [6.45, 7) is 2.03. The first-order valence-corrected chi connectivity index (χ1v) is 3.51. The molecule has 1 heteroatoms. The molecule has 2 rings (SSSR count). The molecule has 2 unspecified atom stereocenters. The second-order valence-corrected chi connectivity index (χ2v) is 3.04. The van der Waals surface area contributed by atoms with Crippen molar-refractivity contribution in [1.82, 2.24) is 0 Å². The van der Waals surface area contributed by atoms with Crippen molar-refractivity contribution in [2.24, 2.45) is 17.8 Å². The van der Waals surface area contributed by atoms with E-state index in [9.17, 15) is 4.79 Å². The van der Waals surface area contributed by atoms with E-state index < -0.39 is 0 Å². The van der Waals surface area contributed by atoms with Crippen molar-refractivity contribution in [3.63, 3.8) is 0 Å². The third kappa shape index (κ3) is 0.473. The van der Waals surface area contributed by atoms with E-state index in [1.165, 1.54) is 0 Å². The van der Waals surface area contributed by atoms with E-state index in [0.717, 1.165) is 6.42 Å². The lowest BCUT2D eigenvalue weighted by Crippen LogP contribution is -2.42. The van der Waals surface area contributed by atoms with Crippen molar-refractivity contribution in [3.8, 4) is 0 Å². The van der Waals surface area contributed by atoms with Crippen molar-refractivity contribution < 1.29 is 4.79 Å². The van der Waals surface area contributed by atoms with E-state index in [2.05, 4.69) is 12.2 Å². The van der Waals surface area contributed by atoms with Gasteiger partial charge in [0.25, 0.3) is 0 Å². The molecule has 48 valence electrons. The number of allylic oxidation sites excluding steroid dienone is 2. The SMILES string of the molecule is C[C@H]1C(=O)C2CC=CC21. The molecule has 0 aliphatic heterocycles. The fourth-order valence-electron chi connectivity index (χ4n) is 1.90. The van der Waals surface area contributed by atoms with Crippen LogP contribution in [0, 0.1) is 17.8 Å². The van der Waals surface area contributed by atoms with E-state index in [0.29, 0.717) is 23.5 Å². The van der Waals surface area contributed by atoms with Crippen LogP contribution in [0.2, 0.25) is 0 Å². The van der Waals surface area contributed by atoms with Crippen LogP contribution in [-0.2, 0) is 4.79 Å². The molecule has 2 aliphatic carbocycles. The van der Waals surface area contributed by atoms with Gasteiger partial charge in [-0.25, -0.2) is 0 Å². The van der Waals surface area contributed by atoms with Gasteiger partial charge >= 0.3 is 0 Å². The van der Waals surface area contributed by atoms with Gasteiger partial charge in [0.1, 0.15) is 5.78 Å². The summed E-state index contributed by atoms with van der Waals surface area (Å²) in [5, 5.41) is 0. The van der Waals surface area contributed by atoms with Crippen molar-refractivity contribution in [2.45, 2.75) is 13.3 Å². The monoisotopic (exact) mass is 122 g/mol. The molecule has 0 bridgehead atoms. The third-order valence-corrected chi connectivity index (χ3v) is 2.60. The molecule has 1 fully saturated rings. The molecule has 0 amide bonds. The number of ketones is 1. The molecule has 2 aliphatic rings. The van der Waals surface area contributed by atoms with E-state index >= 15 is 0 Å². The number of carbonyl (C=O) groups excluding carboxylic acids is 1. The van der Waals surface area contributed by atoms with Crippen LogP contribution in [-0.4, -0.2) is 5.78 Å². The number of rotatable bonds is 0. The molecule has 0 aromatic rings. The second kappa shape index (κ2) is 1.47. The van der Waals surface area contributed by atoms with Crippen LogP contribution < -0.4 is 0 Å². The minimum atomic E-state index is 0.328. The summed E-state index contributed by atoms with van der Waals surface area (Å²) in [6, 6.07) is 0. The standard InChI is InChI=1S/C8H10O/c1-5-6-3-2-4-7(6)8(5)9/h2-3,5-7H,4H2,1H3/t5-,6?,7?/m1/s1. The van der Waals surface area contributed by atoms with Crippen LogP contribution >= 0.6 is 0 Å². The highest BCUT2D eigenvalue weighted by molar-refractivity contribution is 5.91. The highest BCUT2D eigenvalue weighted by atomic mass is 16.1. The fourth-order valence-corrected chi connectivity index (χ4v) is 1.90. The van der Waals surface area contributed by atoms with Crippen molar-refractivity contribution in [1.29, 1.82) is 0 Å². The molecule has 0 aromatic heterocycles.